The van der Waals surface area contributed by atoms with Crippen LogP contribution in [0.5, 0.6) is 11.5 Å². The van der Waals surface area contributed by atoms with E-state index in [-0.39, 0.29) is 24.0 Å². The molecule has 3 aromatic rings. The number of rotatable bonds is 8. The summed E-state index contributed by atoms with van der Waals surface area (Å²) in [6.07, 6.45) is 4.81. The van der Waals surface area contributed by atoms with Gasteiger partial charge < -0.3 is 25.0 Å². The standard InChI is InChI=1S/C25H32N6O2.HI/c1-26-25(27-16-19-7-4-5-8-20(19)17-31-11-6-10-28-31)29-21-9-12-30(18-21)22-13-23(32-2)15-24(14-22)33-3;/h4-8,10-11,13-15,21H,9,12,16-18H2,1-3H3,(H2,26,27,29);1H. The average molecular weight is 576 g/mol. The maximum atomic E-state index is 5.43. The van der Waals surface area contributed by atoms with Crippen molar-refractivity contribution >= 4 is 35.6 Å². The highest BCUT2D eigenvalue weighted by Crippen LogP contribution is 2.30. The molecule has 0 amide bonds. The number of aliphatic imine (C=N–C) groups is 1. The van der Waals surface area contributed by atoms with E-state index in [9.17, 15) is 0 Å². The summed E-state index contributed by atoms with van der Waals surface area (Å²) in [5, 5.41) is 11.4. The Labute approximate surface area is 218 Å². The molecule has 9 heteroatoms. The summed E-state index contributed by atoms with van der Waals surface area (Å²) in [4.78, 5) is 6.79. The van der Waals surface area contributed by atoms with Gasteiger partial charge in [-0.1, -0.05) is 24.3 Å². The van der Waals surface area contributed by atoms with Crippen LogP contribution in [0.3, 0.4) is 0 Å². The second kappa shape index (κ2) is 12.5. The van der Waals surface area contributed by atoms with Crippen LogP contribution >= 0.6 is 24.0 Å². The zero-order chi connectivity index (χ0) is 23.0. The molecule has 1 unspecified atom stereocenters. The van der Waals surface area contributed by atoms with Crippen molar-refractivity contribution in [2.75, 3.05) is 39.3 Å². The molecule has 1 saturated heterocycles. The normalized spacial score (nSPS) is 15.6. The molecule has 0 spiro atoms. The van der Waals surface area contributed by atoms with Crippen molar-refractivity contribution in [2.24, 2.45) is 4.99 Å². The SMILES string of the molecule is CN=C(NCc1ccccc1Cn1cccn1)NC1CCN(c2cc(OC)cc(OC)c2)C1.I. The van der Waals surface area contributed by atoms with Gasteiger partial charge in [-0.2, -0.15) is 5.10 Å². The Morgan fingerprint density at radius 1 is 1.09 bits per heavy atom. The highest BCUT2D eigenvalue weighted by atomic mass is 127. The van der Waals surface area contributed by atoms with Gasteiger partial charge >= 0.3 is 0 Å². The van der Waals surface area contributed by atoms with Crippen LogP contribution in [0.2, 0.25) is 0 Å². The Balaban J connectivity index is 0.00000324. The highest BCUT2D eigenvalue weighted by Gasteiger charge is 2.24. The summed E-state index contributed by atoms with van der Waals surface area (Å²) < 4.78 is 12.8. The Kier molecular flexibility index (Phi) is 9.43. The largest absolute Gasteiger partial charge is 0.497 e. The average Bonchev–Trinajstić information content (AvgIpc) is 3.54. The van der Waals surface area contributed by atoms with Crippen molar-refractivity contribution in [1.29, 1.82) is 0 Å². The van der Waals surface area contributed by atoms with Crippen LogP contribution in [0, 0.1) is 0 Å². The number of methoxy groups -OCH3 is 2. The maximum Gasteiger partial charge on any atom is 0.191 e. The minimum absolute atomic E-state index is 0. The Hall–Kier alpha value is -2.95. The number of ether oxygens (including phenoxy) is 2. The second-order valence-corrected chi connectivity index (χ2v) is 8.04. The number of hydrogen-bond donors (Lipinski definition) is 2. The van der Waals surface area contributed by atoms with Crippen LogP contribution in [0.25, 0.3) is 0 Å². The minimum atomic E-state index is 0. The number of aromatic nitrogens is 2. The molecular formula is C25H33IN6O2. The second-order valence-electron chi connectivity index (χ2n) is 8.04. The van der Waals surface area contributed by atoms with E-state index in [1.807, 2.05) is 30.1 Å². The van der Waals surface area contributed by atoms with E-state index >= 15 is 0 Å². The van der Waals surface area contributed by atoms with E-state index in [1.165, 1.54) is 11.1 Å². The Bertz CT molecular complexity index is 1050. The third-order valence-electron chi connectivity index (χ3n) is 5.91. The number of nitrogens with zero attached hydrogens (tertiary/aromatic N) is 4. The molecule has 8 nitrogen and oxygen atoms in total. The van der Waals surface area contributed by atoms with Gasteiger partial charge in [0.05, 0.1) is 20.8 Å². The molecule has 0 saturated carbocycles. The number of nitrogens with one attached hydrogen (secondary N) is 2. The van der Waals surface area contributed by atoms with Gasteiger partial charge in [-0.15, -0.1) is 24.0 Å². The molecule has 2 aromatic carbocycles. The van der Waals surface area contributed by atoms with Gasteiger partial charge in [0, 0.05) is 69.0 Å². The van der Waals surface area contributed by atoms with Crippen LogP contribution in [0.4, 0.5) is 5.69 Å². The third-order valence-corrected chi connectivity index (χ3v) is 5.91. The summed E-state index contributed by atoms with van der Waals surface area (Å²) in [6.45, 7) is 3.28. The maximum absolute atomic E-state index is 5.43. The first-order valence-electron chi connectivity index (χ1n) is 11.2. The summed E-state index contributed by atoms with van der Waals surface area (Å²) in [6, 6.07) is 16.7. The molecule has 1 atom stereocenters. The fraction of sp³-hybridized carbons (Fsp3) is 0.360. The molecule has 4 rings (SSSR count). The monoisotopic (exact) mass is 576 g/mol. The number of halogens is 1. The molecule has 1 aromatic heterocycles. The van der Waals surface area contributed by atoms with Crippen LogP contribution in [0.1, 0.15) is 17.5 Å². The molecule has 1 aliphatic rings. The first-order chi connectivity index (χ1) is 16.2. The summed E-state index contributed by atoms with van der Waals surface area (Å²) in [7, 11) is 5.16. The predicted molar refractivity (Wildman–Crippen MR) is 147 cm³/mol. The van der Waals surface area contributed by atoms with Crippen LogP contribution in [0.15, 0.2) is 65.9 Å². The fourth-order valence-electron chi connectivity index (χ4n) is 4.11. The lowest BCUT2D eigenvalue weighted by atomic mass is 10.1. The van der Waals surface area contributed by atoms with Gasteiger partial charge in [-0.25, -0.2) is 0 Å². The van der Waals surface area contributed by atoms with Crippen molar-refractivity contribution in [3.63, 3.8) is 0 Å². The van der Waals surface area contributed by atoms with Gasteiger partial charge in [0.2, 0.25) is 0 Å². The first-order valence-corrected chi connectivity index (χ1v) is 11.2. The van der Waals surface area contributed by atoms with Gasteiger partial charge in [-0.3, -0.25) is 9.67 Å². The van der Waals surface area contributed by atoms with Crippen LogP contribution in [-0.4, -0.2) is 56.1 Å². The van der Waals surface area contributed by atoms with Gasteiger partial charge in [0.25, 0.3) is 0 Å². The lowest BCUT2D eigenvalue weighted by molar-refractivity contribution is 0.394. The number of anilines is 1. The number of benzene rings is 2. The zero-order valence-corrected chi connectivity index (χ0v) is 22.2. The van der Waals surface area contributed by atoms with E-state index in [4.69, 9.17) is 9.47 Å². The van der Waals surface area contributed by atoms with Crippen LogP contribution < -0.4 is 25.0 Å². The summed E-state index contributed by atoms with van der Waals surface area (Å²) >= 11 is 0. The molecule has 34 heavy (non-hydrogen) atoms. The summed E-state index contributed by atoms with van der Waals surface area (Å²) in [5.74, 6) is 2.40. The molecule has 0 bridgehead atoms. The van der Waals surface area contributed by atoms with Crippen molar-refractivity contribution < 1.29 is 9.47 Å². The van der Waals surface area contributed by atoms with E-state index < -0.39 is 0 Å². The van der Waals surface area contributed by atoms with Crippen molar-refractivity contribution in [1.82, 2.24) is 20.4 Å². The van der Waals surface area contributed by atoms with Crippen molar-refractivity contribution in [3.05, 3.63) is 72.1 Å². The molecule has 1 aliphatic heterocycles. The molecule has 1 fully saturated rings. The molecule has 2 heterocycles. The zero-order valence-electron chi connectivity index (χ0n) is 19.9. The Morgan fingerprint density at radius 3 is 2.47 bits per heavy atom. The van der Waals surface area contributed by atoms with Crippen molar-refractivity contribution in [2.45, 2.75) is 25.6 Å². The number of guanidine groups is 1. The lowest BCUT2D eigenvalue weighted by Gasteiger charge is -2.22. The topological polar surface area (TPSA) is 75.9 Å². The molecule has 182 valence electrons. The minimum Gasteiger partial charge on any atom is -0.497 e. The first kappa shape index (κ1) is 25.7. The lowest BCUT2D eigenvalue weighted by Crippen LogP contribution is -2.44. The number of hydrogen-bond acceptors (Lipinski definition) is 5. The van der Waals surface area contributed by atoms with E-state index in [2.05, 4.69) is 62.0 Å². The highest BCUT2D eigenvalue weighted by molar-refractivity contribution is 14.0. The third kappa shape index (κ3) is 6.55. The predicted octanol–water partition coefficient (Wildman–Crippen LogP) is 3.51. The van der Waals surface area contributed by atoms with E-state index in [0.29, 0.717) is 12.6 Å². The van der Waals surface area contributed by atoms with Gasteiger partial charge in [-0.05, 0) is 23.6 Å². The van der Waals surface area contributed by atoms with Gasteiger partial charge in [0.1, 0.15) is 11.5 Å². The van der Waals surface area contributed by atoms with E-state index in [0.717, 1.165) is 49.2 Å². The summed E-state index contributed by atoms with van der Waals surface area (Å²) in [5.41, 5.74) is 3.57. The Morgan fingerprint density at radius 2 is 1.82 bits per heavy atom. The smallest absolute Gasteiger partial charge is 0.191 e. The van der Waals surface area contributed by atoms with E-state index in [1.54, 1.807) is 20.4 Å². The van der Waals surface area contributed by atoms with Crippen LogP contribution in [-0.2, 0) is 13.1 Å². The van der Waals surface area contributed by atoms with Gasteiger partial charge in [0.15, 0.2) is 5.96 Å². The molecule has 2 N–H and O–H groups in total. The fourth-order valence-corrected chi connectivity index (χ4v) is 4.11. The molecule has 0 radical (unpaired) electrons. The quantitative estimate of drug-likeness (QED) is 0.243. The molecular weight excluding hydrogens is 543 g/mol. The van der Waals surface area contributed by atoms with Crippen molar-refractivity contribution in [3.8, 4) is 11.5 Å². The molecule has 0 aliphatic carbocycles.